The average molecular weight is 1040 g/mol. The number of thiophene rings is 1. The van der Waals surface area contributed by atoms with Gasteiger partial charge in [-0.3, -0.25) is 0 Å². The molecule has 78 heavy (non-hydrogen) atoms. The largest absolute Gasteiger partial charge is 0.308 e. The van der Waals surface area contributed by atoms with Crippen LogP contribution in [0.5, 0.6) is 0 Å². The predicted molar refractivity (Wildman–Crippen MR) is 328 cm³/mol. The highest BCUT2D eigenvalue weighted by Gasteiger charge is 2.28. The molecular weight excluding hydrogens is 971 g/mol. The lowest BCUT2D eigenvalue weighted by Gasteiger charge is -2.26. The van der Waals surface area contributed by atoms with Crippen molar-refractivity contribution in [3.63, 3.8) is 0 Å². The lowest BCUT2D eigenvalue weighted by atomic mass is 9.79. The molecular formula is C70H65N7S. The quantitative estimate of drug-likeness (QED) is 0.158. The summed E-state index contributed by atoms with van der Waals surface area (Å²) in [4.78, 5) is 32.5. The van der Waals surface area contributed by atoms with Crippen molar-refractivity contribution in [2.75, 3.05) is 0 Å². The monoisotopic (exact) mass is 1040 g/mol. The Bertz CT molecular complexity index is 4080. The van der Waals surface area contributed by atoms with E-state index in [9.17, 15) is 0 Å². The van der Waals surface area contributed by atoms with Gasteiger partial charge in [-0.1, -0.05) is 198 Å². The number of rotatable bonds is 7. The van der Waals surface area contributed by atoms with Crippen molar-refractivity contribution in [1.29, 1.82) is 0 Å². The molecule has 7 nitrogen and oxygen atoms in total. The fraction of sp³-hybridized carbons (Fsp3) is 0.229. The van der Waals surface area contributed by atoms with E-state index >= 15 is 0 Å². The van der Waals surface area contributed by atoms with Crippen molar-refractivity contribution in [3.8, 4) is 74.0 Å². The Labute approximate surface area is 462 Å². The van der Waals surface area contributed by atoms with Crippen molar-refractivity contribution in [3.05, 3.63) is 198 Å². The SMILES string of the molecule is CC(C)(C)c1cc(-c2nc(-c3cc(C(C)(C)C)cc(C(C)(C)C)c3)nc(-c3cc(-c4nc(-c5ccccc5)nc(-c5ccccc5)n4)ccc3-n3c4ccccc4c4c5sc6ccccc6c5ccc43)n2)cc(C(C)(C)C)c1. The maximum absolute atomic E-state index is 5.68. The highest BCUT2D eigenvalue weighted by molar-refractivity contribution is 7.26. The minimum atomic E-state index is -0.142. The van der Waals surface area contributed by atoms with Crippen LogP contribution in [0.3, 0.4) is 0 Å². The van der Waals surface area contributed by atoms with E-state index in [1.807, 2.05) is 72.0 Å². The Balaban J connectivity index is 1.20. The minimum absolute atomic E-state index is 0.142. The summed E-state index contributed by atoms with van der Waals surface area (Å²) in [5.41, 5.74) is 12.7. The van der Waals surface area contributed by atoms with Gasteiger partial charge >= 0.3 is 0 Å². The second kappa shape index (κ2) is 18.8. The van der Waals surface area contributed by atoms with Crippen LogP contribution in [-0.4, -0.2) is 34.5 Å². The summed E-state index contributed by atoms with van der Waals surface area (Å²) in [7, 11) is 0. The van der Waals surface area contributed by atoms with E-state index in [4.69, 9.17) is 29.9 Å². The lowest BCUT2D eigenvalue weighted by molar-refractivity contribution is 0.568. The van der Waals surface area contributed by atoms with Gasteiger partial charge in [-0.15, -0.1) is 11.3 Å². The Morgan fingerprint density at radius 3 is 1.24 bits per heavy atom. The molecule has 0 atom stereocenters. The summed E-state index contributed by atoms with van der Waals surface area (Å²) in [6, 6.07) is 62.8. The normalized spacial score (nSPS) is 12.6. The number of nitrogens with zero attached hydrogens (tertiary/aromatic N) is 7. The first kappa shape index (κ1) is 50.6. The third-order valence-corrected chi connectivity index (χ3v) is 16.3. The van der Waals surface area contributed by atoms with Gasteiger partial charge in [0.15, 0.2) is 34.9 Å². The molecule has 0 unspecified atom stereocenters. The lowest BCUT2D eigenvalue weighted by Crippen LogP contribution is -2.17. The summed E-state index contributed by atoms with van der Waals surface area (Å²) in [5.74, 6) is 3.47. The first-order valence-electron chi connectivity index (χ1n) is 27.1. The van der Waals surface area contributed by atoms with Gasteiger partial charge in [0.1, 0.15) is 0 Å². The molecule has 12 rings (SSSR count). The zero-order valence-electron chi connectivity index (χ0n) is 46.8. The first-order chi connectivity index (χ1) is 37.2. The topological polar surface area (TPSA) is 82.3 Å². The van der Waals surface area contributed by atoms with E-state index in [2.05, 4.69) is 203 Å². The molecule has 0 saturated heterocycles. The number of fused-ring (bicyclic) bond motifs is 7. The first-order valence-corrected chi connectivity index (χ1v) is 27.9. The van der Waals surface area contributed by atoms with E-state index in [1.165, 1.54) is 53.2 Å². The van der Waals surface area contributed by atoms with Crippen LogP contribution >= 0.6 is 11.3 Å². The van der Waals surface area contributed by atoms with Gasteiger partial charge in [-0.2, -0.15) is 0 Å². The summed E-state index contributed by atoms with van der Waals surface area (Å²) in [6.07, 6.45) is 0. The van der Waals surface area contributed by atoms with Crippen LogP contribution in [-0.2, 0) is 21.7 Å². The summed E-state index contributed by atoms with van der Waals surface area (Å²) in [5, 5.41) is 4.92. The standard InChI is InChI=1S/C70H65N7S/c1-67(2,3)47-35-45(36-48(40-47)68(4,5)6)64-74-65(46-37-49(69(7,8)9)41-50(38-46)70(10,11)12)76-66(75-64)54-39-44(63-72-61(42-23-15-13-16-24-42)71-62(73-63)43-25-17-14-18-26-43)31-33-56(54)77-55-29-21-19-28-53(55)59-57(77)34-32-52-51-27-20-22-30-58(51)78-60(52)59/h13-41H,1-12H3. The van der Waals surface area contributed by atoms with Gasteiger partial charge in [0, 0.05) is 64.3 Å². The molecule has 8 aromatic carbocycles. The fourth-order valence-electron chi connectivity index (χ4n) is 10.5. The molecule has 0 spiro atoms. The van der Waals surface area contributed by atoms with Crippen LogP contribution in [0.15, 0.2) is 176 Å². The molecule has 386 valence electrons. The van der Waals surface area contributed by atoms with Gasteiger partial charge in [0.05, 0.1) is 16.7 Å². The molecule has 0 aliphatic heterocycles. The molecule has 4 heterocycles. The third-order valence-electron chi connectivity index (χ3n) is 15.1. The second-order valence-electron chi connectivity index (χ2n) is 25.0. The molecule has 0 N–H and O–H groups in total. The van der Waals surface area contributed by atoms with E-state index in [1.54, 1.807) is 0 Å². The van der Waals surface area contributed by atoms with Crippen LogP contribution < -0.4 is 0 Å². The Morgan fingerprint density at radius 2 is 0.744 bits per heavy atom. The van der Waals surface area contributed by atoms with Gasteiger partial charge in [-0.25, -0.2) is 29.9 Å². The number of benzene rings is 8. The molecule has 0 aliphatic carbocycles. The van der Waals surface area contributed by atoms with Crippen molar-refractivity contribution in [2.24, 2.45) is 0 Å². The van der Waals surface area contributed by atoms with Crippen LogP contribution in [0.1, 0.15) is 105 Å². The number of hydrogen-bond donors (Lipinski definition) is 0. The smallest absolute Gasteiger partial charge is 0.166 e. The molecule has 0 bridgehead atoms. The molecule has 8 heteroatoms. The maximum Gasteiger partial charge on any atom is 0.166 e. The number of aromatic nitrogens is 7. The number of para-hydroxylation sites is 1. The van der Waals surface area contributed by atoms with Gasteiger partial charge < -0.3 is 4.57 Å². The van der Waals surface area contributed by atoms with E-state index < -0.39 is 0 Å². The summed E-state index contributed by atoms with van der Waals surface area (Å²) in [6.45, 7) is 27.3. The Kier molecular flexibility index (Phi) is 12.2. The van der Waals surface area contributed by atoms with Gasteiger partial charge in [0.25, 0.3) is 0 Å². The third kappa shape index (κ3) is 9.36. The van der Waals surface area contributed by atoms with Crippen molar-refractivity contribution in [2.45, 2.75) is 105 Å². The van der Waals surface area contributed by atoms with E-state index in [0.717, 1.165) is 50.1 Å². The zero-order chi connectivity index (χ0) is 54.5. The molecule has 0 radical (unpaired) electrons. The van der Waals surface area contributed by atoms with E-state index in [-0.39, 0.29) is 21.7 Å². The second-order valence-corrected chi connectivity index (χ2v) is 26.0. The minimum Gasteiger partial charge on any atom is -0.308 e. The summed E-state index contributed by atoms with van der Waals surface area (Å²) >= 11 is 1.86. The predicted octanol–water partition coefficient (Wildman–Crippen LogP) is 18.7. The van der Waals surface area contributed by atoms with Crippen LogP contribution in [0.4, 0.5) is 0 Å². The van der Waals surface area contributed by atoms with Crippen molar-refractivity contribution >= 4 is 53.3 Å². The van der Waals surface area contributed by atoms with Gasteiger partial charge in [-0.05, 0) is 105 Å². The number of hydrogen-bond acceptors (Lipinski definition) is 7. The average Bonchev–Trinajstić information content (AvgIpc) is 4.17. The molecule has 4 aromatic heterocycles. The zero-order valence-corrected chi connectivity index (χ0v) is 47.6. The maximum atomic E-state index is 5.68. The van der Waals surface area contributed by atoms with Gasteiger partial charge in [0.2, 0.25) is 0 Å². The Morgan fingerprint density at radius 1 is 0.321 bits per heavy atom. The molecule has 0 fully saturated rings. The highest BCUT2D eigenvalue weighted by Crippen LogP contribution is 2.46. The van der Waals surface area contributed by atoms with Crippen LogP contribution in [0.25, 0.3) is 116 Å². The van der Waals surface area contributed by atoms with Crippen LogP contribution in [0.2, 0.25) is 0 Å². The Hall–Kier alpha value is -8.20. The fourth-order valence-corrected chi connectivity index (χ4v) is 11.7. The molecule has 0 aliphatic rings. The molecule has 0 saturated carbocycles. The molecule has 12 aromatic rings. The van der Waals surface area contributed by atoms with Crippen LogP contribution in [0, 0.1) is 0 Å². The van der Waals surface area contributed by atoms with Crippen molar-refractivity contribution < 1.29 is 0 Å². The summed E-state index contributed by atoms with van der Waals surface area (Å²) < 4.78 is 4.94. The molecule has 0 amide bonds. The highest BCUT2D eigenvalue weighted by atomic mass is 32.1. The van der Waals surface area contributed by atoms with E-state index in [0.29, 0.717) is 34.9 Å². The van der Waals surface area contributed by atoms with Crippen molar-refractivity contribution in [1.82, 2.24) is 34.5 Å².